The summed E-state index contributed by atoms with van der Waals surface area (Å²) < 4.78 is 0. The van der Waals surface area contributed by atoms with Crippen LogP contribution in [0.1, 0.15) is 37.5 Å². The summed E-state index contributed by atoms with van der Waals surface area (Å²) in [6.07, 6.45) is 2.73. The van der Waals surface area contributed by atoms with E-state index in [1.807, 2.05) is 0 Å². The molecule has 0 saturated carbocycles. The first-order valence-corrected chi connectivity index (χ1v) is 9.35. The minimum absolute atomic E-state index is 0.395. The Morgan fingerprint density at radius 1 is 0.680 bits per heavy atom. The molecule has 0 spiro atoms. The van der Waals surface area contributed by atoms with E-state index < -0.39 is 0 Å². The molecular weight excluding hydrogens is 310 g/mol. The molecule has 1 aromatic rings. The van der Waals surface area contributed by atoms with Crippen molar-refractivity contribution in [1.29, 1.82) is 0 Å². The molecule has 1 rings (SSSR count). The van der Waals surface area contributed by atoms with Gasteiger partial charge in [-0.15, -0.1) is 0 Å². The fourth-order valence-corrected chi connectivity index (χ4v) is 2.79. The SMILES string of the molecule is CC(Cc1cc(CC(C)N(C)C)c(O)c(CC(C)N(C)C)c1)N(C)C. The van der Waals surface area contributed by atoms with Gasteiger partial charge in [-0.25, -0.2) is 0 Å². The molecule has 0 saturated heterocycles. The molecule has 0 amide bonds. The highest BCUT2D eigenvalue weighted by molar-refractivity contribution is 5.45. The van der Waals surface area contributed by atoms with Gasteiger partial charge in [0.15, 0.2) is 0 Å². The van der Waals surface area contributed by atoms with E-state index in [9.17, 15) is 5.11 Å². The summed E-state index contributed by atoms with van der Waals surface area (Å²) in [4.78, 5) is 6.66. The number of phenols is 1. The lowest BCUT2D eigenvalue weighted by Crippen LogP contribution is -2.29. The zero-order valence-corrected chi connectivity index (χ0v) is 17.8. The van der Waals surface area contributed by atoms with Crippen molar-refractivity contribution in [3.8, 4) is 5.75 Å². The maximum absolute atomic E-state index is 10.9. The van der Waals surface area contributed by atoms with Crippen molar-refractivity contribution in [3.63, 3.8) is 0 Å². The number of nitrogens with zero attached hydrogens (tertiary/aromatic N) is 3. The Morgan fingerprint density at radius 2 is 1.00 bits per heavy atom. The lowest BCUT2D eigenvalue weighted by molar-refractivity contribution is 0.303. The smallest absolute Gasteiger partial charge is 0.122 e. The third-order valence-corrected chi connectivity index (χ3v) is 5.53. The summed E-state index contributed by atoms with van der Waals surface area (Å²) in [5.41, 5.74) is 3.47. The van der Waals surface area contributed by atoms with Crippen LogP contribution in [0, 0.1) is 0 Å². The second kappa shape index (κ2) is 9.56. The van der Waals surface area contributed by atoms with Gasteiger partial charge in [0, 0.05) is 18.1 Å². The van der Waals surface area contributed by atoms with Crippen LogP contribution >= 0.6 is 0 Å². The van der Waals surface area contributed by atoms with E-state index in [-0.39, 0.29) is 0 Å². The maximum Gasteiger partial charge on any atom is 0.122 e. The quantitative estimate of drug-likeness (QED) is 0.742. The van der Waals surface area contributed by atoms with Gasteiger partial charge in [-0.3, -0.25) is 0 Å². The first-order valence-electron chi connectivity index (χ1n) is 9.35. The zero-order valence-electron chi connectivity index (χ0n) is 17.8. The van der Waals surface area contributed by atoms with Gasteiger partial charge < -0.3 is 19.8 Å². The van der Waals surface area contributed by atoms with Crippen LogP contribution in [0.2, 0.25) is 0 Å². The monoisotopic (exact) mass is 349 g/mol. The average molecular weight is 350 g/mol. The molecule has 0 heterocycles. The third kappa shape index (κ3) is 6.61. The minimum atomic E-state index is 0.395. The fraction of sp³-hybridized carbons (Fsp3) is 0.714. The second-order valence-electron chi connectivity index (χ2n) is 8.31. The zero-order chi connectivity index (χ0) is 19.3. The molecule has 0 aliphatic rings. The Balaban J connectivity index is 3.20. The van der Waals surface area contributed by atoms with Crippen molar-refractivity contribution in [2.45, 2.75) is 58.2 Å². The summed E-state index contributed by atoms with van der Waals surface area (Å²) in [6, 6.07) is 5.68. The van der Waals surface area contributed by atoms with Crippen molar-refractivity contribution in [2.75, 3.05) is 42.3 Å². The Kier molecular flexibility index (Phi) is 8.39. The Hall–Kier alpha value is -1.10. The summed E-state index contributed by atoms with van der Waals surface area (Å²) in [7, 11) is 12.6. The number of hydrogen-bond acceptors (Lipinski definition) is 4. The molecule has 1 aromatic carbocycles. The van der Waals surface area contributed by atoms with E-state index in [1.54, 1.807) is 0 Å². The van der Waals surface area contributed by atoms with Gasteiger partial charge in [0.05, 0.1) is 0 Å². The molecule has 0 aliphatic carbocycles. The van der Waals surface area contributed by atoms with Crippen LogP contribution in [0.15, 0.2) is 12.1 Å². The molecule has 3 unspecified atom stereocenters. The number of hydrogen-bond donors (Lipinski definition) is 1. The van der Waals surface area contributed by atoms with Gasteiger partial charge in [0.25, 0.3) is 0 Å². The number of rotatable bonds is 9. The van der Waals surface area contributed by atoms with Crippen LogP contribution in [-0.4, -0.2) is 80.2 Å². The normalized spacial score (nSPS) is 15.8. The first-order chi connectivity index (χ1) is 11.5. The molecule has 144 valence electrons. The van der Waals surface area contributed by atoms with E-state index in [4.69, 9.17) is 0 Å². The van der Waals surface area contributed by atoms with E-state index in [0.29, 0.717) is 23.9 Å². The van der Waals surface area contributed by atoms with Crippen molar-refractivity contribution in [2.24, 2.45) is 0 Å². The highest BCUT2D eigenvalue weighted by atomic mass is 16.3. The van der Waals surface area contributed by atoms with Gasteiger partial charge in [-0.1, -0.05) is 12.1 Å². The van der Waals surface area contributed by atoms with E-state index in [0.717, 1.165) is 30.4 Å². The molecule has 4 heteroatoms. The van der Waals surface area contributed by atoms with Crippen molar-refractivity contribution >= 4 is 0 Å². The van der Waals surface area contributed by atoms with Crippen LogP contribution in [0.25, 0.3) is 0 Å². The molecule has 4 nitrogen and oxygen atoms in total. The minimum Gasteiger partial charge on any atom is -0.507 e. The van der Waals surface area contributed by atoms with Crippen molar-refractivity contribution < 1.29 is 5.11 Å². The standard InChI is InChI=1S/C21H39N3O/c1-15(22(4)5)10-18-13-19(11-16(2)23(6)7)21(25)20(14-18)12-17(3)24(8)9/h13-17,25H,10-12H2,1-9H3. The molecule has 0 bridgehead atoms. The topological polar surface area (TPSA) is 30.0 Å². The summed E-state index contributed by atoms with van der Waals surface area (Å²) >= 11 is 0. The van der Waals surface area contributed by atoms with Crippen LogP contribution in [0.3, 0.4) is 0 Å². The summed E-state index contributed by atoms with van der Waals surface area (Å²) in [5, 5.41) is 10.9. The predicted octanol–water partition coefficient (Wildman–Crippen LogP) is 2.87. The number of benzene rings is 1. The summed E-state index contributed by atoms with van der Waals surface area (Å²) in [5.74, 6) is 0.489. The number of aromatic hydroxyl groups is 1. The third-order valence-electron chi connectivity index (χ3n) is 5.53. The fourth-order valence-electron chi connectivity index (χ4n) is 2.79. The van der Waals surface area contributed by atoms with Crippen LogP contribution in [0.5, 0.6) is 5.75 Å². The van der Waals surface area contributed by atoms with E-state index in [2.05, 4.69) is 89.9 Å². The molecular formula is C21H39N3O. The van der Waals surface area contributed by atoms with Gasteiger partial charge in [0.2, 0.25) is 0 Å². The number of likely N-dealkylation sites (N-methyl/N-ethyl adjacent to an activating group) is 3. The summed E-state index contributed by atoms with van der Waals surface area (Å²) in [6.45, 7) is 6.66. The maximum atomic E-state index is 10.9. The molecule has 0 aromatic heterocycles. The number of phenolic OH excluding ortho intramolecular Hbond substituents is 1. The molecule has 3 atom stereocenters. The average Bonchev–Trinajstić information content (AvgIpc) is 2.50. The first kappa shape index (κ1) is 21.9. The highest BCUT2D eigenvalue weighted by Gasteiger charge is 2.18. The van der Waals surface area contributed by atoms with Crippen molar-refractivity contribution in [1.82, 2.24) is 14.7 Å². The molecule has 0 aliphatic heterocycles. The largest absolute Gasteiger partial charge is 0.507 e. The van der Waals surface area contributed by atoms with E-state index >= 15 is 0 Å². The Morgan fingerprint density at radius 3 is 1.32 bits per heavy atom. The Labute approximate surface area is 155 Å². The highest BCUT2D eigenvalue weighted by Crippen LogP contribution is 2.29. The molecule has 0 fully saturated rings. The predicted molar refractivity (Wildman–Crippen MR) is 109 cm³/mol. The van der Waals surface area contributed by atoms with Crippen LogP contribution in [-0.2, 0) is 19.3 Å². The van der Waals surface area contributed by atoms with Gasteiger partial charge >= 0.3 is 0 Å². The lowest BCUT2D eigenvalue weighted by atomic mass is 9.93. The Bertz CT molecular complexity index is 503. The van der Waals surface area contributed by atoms with Gasteiger partial charge in [-0.2, -0.15) is 0 Å². The second-order valence-corrected chi connectivity index (χ2v) is 8.31. The van der Waals surface area contributed by atoms with Crippen LogP contribution in [0.4, 0.5) is 0 Å². The lowest BCUT2D eigenvalue weighted by Gasteiger charge is -2.25. The van der Waals surface area contributed by atoms with Gasteiger partial charge in [-0.05, 0) is 99.0 Å². The van der Waals surface area contributed by atoms with E-state index in [1.165, 1.54) is 5.56 Å². The van der Waals surface area contributed by atoms with Crippen LogP contribution < -0.4 is 0 Å². The van der Waals surface area contributed by atoms with Gasteiger partial charge in [0.1, 0.15) is 5.75 Å². The molecule has 0 radical (unpaired) electrons. The van der Waals surface area contributed by atoms with Crippen molar-refractivity contribution in [3.05, 3.63) is 28.8 Å². The molecule has 25 heavy (non-hydrogen) atoms. The molecule has 1 N–H and O–H groups in total.